The molecule has 0 aromatic heterocycles. The van der Waals surface area contributed by atoms with Crippen LogP contribution in [0.4, 0.5) is 0 Å². The normalized spacial score (nSPS) is 29.7. The van der Waals surface area contributed by atoms with E-state index in [1.54, 1.807) is 7.11 Å². The summed E-state index contributed by atoms with van der Waals surface area (Å²) in [6.45, 7) is 6.77. The van der Waals surface area contributed by atoms with Crippen molar-refractivity contribution in [2.24, 2.45) is 0 Å². The van der Waals surface area contributed by atoms with Gasteiger partial charge in [0.25, 0.3) is 0 Å². The average molecular weight is 143 g/mol. The van der Waals surface area contributed by atoms with Crippen molar-refractivity contribution in [3.63, 3.8) is 0 Å². The van der Waals surface area contributed by atoms with Gasteiger partial charge in [-0.15, -0.1) is 0 Å². The van der Waals surface area contributed by atoms with Gasteiger partial charge >= 0.3 is 0 Å². The number of nitrogens with zero attached hydrogens (tertiary/aromatic N) is 1. The van der Waals surface area contributed by atoms with E-state index in [1.807, 2.05) is 0 Å². The molecule has 0 radical (unpaired) electrons. The van der Waals surface area contributed by atoms with Gasteiger partial charge in [-0.3, -0.25) is 4.90 Å². The Morgan fingerprint density at radius 1 is 1.70 bits per heavy atom. The lowest BCUT2D eigenvalue weighted by atomic mass is 9.98. The quantitative estimate of drug-likeness (QED) is 0.587. The highest BCUT2D eigenvalue weighted by Gasteiger charge is 2.30. The summed E-state index contributed by atoms with van der Waals surface area (Å²) < 4.78 is 5.24. The average Bonchev–Trinajstić information content (AvgIpc) is 1.86. The van der Waals surface area contributed by atoms with Crippen LogP contribution in [-0.2, 0) is 4.74 Å². The van der Waals surface area contributed by atoms with Crippen LogP contribution in [0.1, 0.15) is 20.3 Å². The largest absolute Gasteiger partial charge is 0.380 e. The summed E-state index contributed by atoms with van der Waals surface area (Å²) in [5.74, 6) is 0. The Hall–Kier alpha value is -0.0800. The molecule has 2 nitrogen and oxygen atoms in total. The van der Waals surface area contributed by atoms with Gasteiger partial charge in [0, 0.05) is 19.7 Å². The molecule has 0 aromatic rings. The molecule has 0 saturated carbocycles. The minimum atomic E-state index is 0.411. The molecule has 10 heavy (non-hydrogen) atoms. The predicted molar refractivity (Wildman–Crippen MR) is 42.1 cm³/mol. The highest BCUT2D eigenvalue weighted by Crippen LogP contribution is 2.20. The Balaban J connectivity index is 2.27. The first-order valence-electron chi connectivity index (χ1n) is 4.06. The molecular formula is C8H17NO. The highest BCUT2D eigenvalue weighted by molar-refractivity contribution is 4.86. The van der Waals surface area contributed by atoms with Crippen molar-refractivity contribution in [3.05, 3.63) is 0 Å². The van der Waals surface area contributed by atoms with E-state index in [9.17, 15) is 0 Å². The zero-order valence-corrected chi connectivity index (χ0v) is 7.13. The number of likely N-dealkylation sites (tertiary alicyclic amines) is 1. The summed E-state index contributed by atoms with van der Waals surface area (Å²) in [5, 5.41) is 0. The number of rotatable bonds is 3. The lowest BCUT2D eigenvalue weighted by molar-refractivity contribution is -0.0248. The van der Waals surface area contributed by atoms with Crippen LogP contribution in [0, 0.1) is 0 Å². The third kappa shape index (κ3) is 1.32. The number of likely N-dealkylation sites (N-methyl/N-ethyl adjacent to an activating group) is 1. The summed E-state index contributed by atoms with van der Waals surface area (Å²) in [6, 6.07) is 0.690. The number of hydrogen-bond donors (Lipinski definition) is 0. The molecule has 1 aliphatic rings. The lowest BCUT2D eigenvalue weighted by Gasteiger charge is -2.43. The third-order valence-electron chi connectivity index (χ3n) is 2.50. The van der Waals surface area contributed by atoms with Crippen molar-refractivity contribution >= 4 is 0 Å². The molecule has 1 heterocycles. The van der Waals surface area contributed by atoms with E-state index in [-0.39, 0.29) is 0 Å². The molecule has 0 amide bonds. The minimum Gasteiger partial charge on any atom is -0.380 e. The van der Waals surface area contributed by atoms with Gasteiger partial charge in [0.1, 0.15) is 0 Å². The molecule has 60 valence electrons. The van der Waals surface area contributed by atoms with Crippen LogP contribution in [0.25, 0.3) is 0 Å². The number of hydrogen-bond acceptors (Lipinski definition) is 2. The first-order chi connectivity index (χ1) is 4.79. The van der Waals surface area contributed by atoms with Crippen LogP contribution >= 0.6 is 0 Å². The first-order valence-corrected chi connectivity index (χ1v) is 4.06. The Morgan fingerprint density at radius 2 is 2.40 bits per heavy atom. The molecule has 1 fully saturated rings. The summed E-state index contributed by atoms with van der Waals surface area (Å²) in [6.07, 6.45) is 1.72. The van der Waals surface area contributed by atoms with E-state index >= 15 is 0 Å². The molecule has 0 N–H and O–H groups in total. The summed E-state index contributed by atoms with van der Waals surface area (Å²) in [4.78, 5) is 2.45. The maximum Gasteiger partial charge on any atom is 0.0698 e. The topological polar surface area (TPSA) is 12.5 Å². The fraction of sp³-hybridized carbons (Fsp3) is 1.00. The van der Waals surface area contributed by atoms with Crippen molar-refractivity contribution in [2.75, 3.05) is 20.2 Å². The van der Waals surface area contributed by atoms with Gasteiger partial charge in [0.15, 0.2) is 0 Å². The van der Waals surface area contributed by atoms with Gasteiger partial charge in [-0.1, -0.05) is 6.92 Å². The Morgan fingerprint density at radius 3 is 2.70 bits per heavy atom. The van der Waals surface area contributed by atoms with Crippen molar-refractivity contribution in [1.82, 2.24) is 4.90 Å². The molecule has 0 aromatic carbocycles. The molecule has 0 bridgehead atoms. The molecule has 1 aliphatic heterocycles. The van der Waals surface area contributed by atoms with Crippen molar-refractivity contribution < 1.29 is 4.74 Å². The summed E-state index contributed by atoms with van der Waals surface area (Å²) in [7, 11) is 1.79. The molecule has 0 spiro atoms. The van der Waals surface area contributed by atoms with Gasteiger partial charge in [0.2, 0.25) is 0 Å². The standard InChI is InChI=1S/C8H17NO/c1-4-9-6-5-8(9)7(2)10-3/h7-8H,4-6H2,1-3H3. The Kier molecular flexibility index (Phi) is 2.69. The van der Waals surface area contributed by atoms with Crippen molar-refractivity contribution in [3.8, 4) is 0 Å². The molecule has 0 aliphatic carbocycles. The minimum absolute atomic E-state index is 0.411. The molecule has 1 saturated heterocycles. The third-order valence-corrected chi connectivity index (χ3v) is 2.50. The molecule has 2 atom stereocenters. The maximum absolute atomic E-state index is 5.24. The van der Waals surface area contributed by atoms with E-state index in [0.717, 1.165) is 0 Å². The SMILES string of the molecule is CCN1CCC1C(C)OC. The Labute approximate surface area is 63.2 Å². The fourth-order valence-corrected chi connectivity index (χ4v) is 1.54. The maximum atomic E-state index is 5.24. The monoisotopic (exact) mass is 143 g/mol. The van der Waals surface area contributed by atoms with Crippen LogP contribution in [-0.4, -0.2) is 37.2 Å². The smallest absolute Gasteiger partial charge is 0.0698 e. The summed E-state index contributed by atoms with van der Waals surface area (Å²) >= 11 is 0. The Bertz CT molecular complexity index is 96.7. The summed E-state index contributed by atoms with van der Waals surface area (Å²) in [5.41, 5.74) is 0. The molecule has 1 rings (SSSR count). The van der Waals surface area contributed by atoms with Gasteiger partial charge < -0.3 is 4.74 Å². The van der Waals surface area contributed by atoms with E-state index in [1.165, 1.54) is 19.5 Å². The van der Waals surface area contributed by atoms with E-state index in [0.29, 0.717) is 12.1 Å². The van der Waals surface area contributed by atoms with Crippen LogP contribution < -0.4 is 0 Å². The second kappa shape index (κ2) is 3.35. The van der Waals surface area contributed by atoms with Crippen LogP contribution in [0.3, 0.4) is 0 Å². The van der Waals surface area contributed by atoms with Gasteiger partial charge in [-0.05, 0) is 19.9 Å². The zero-order chi connectivity index (χ0) is 7.56. The number of ether oxygens (including phenoxy) is 1. The van der Waals surface area contributed by atoms with E-state index in [2.05, 4.69) is 18.7 Å². The second-order valence-corrected chi connectivity index (χ2v) is 2.93. The van der Waals surface area contributed by atoms with Crippen LogP contribution in [0.2, 0.25) is 0 Å². The van der Waals surface area contributed by atoms with Crippen molar-refractivity contribution in [1.29, 1.82) is 0 Å². The van der Waals surface area contributed by atoms with Crippen LogP contribution in [0.5, 0.6) is 0 Å². The molecule has 2 unspecified atom stereocenters. The van der Waals surface area contributed by atoms with Crippen molar-refractivity contribution in [2.45, 2.75) is 32.4 Å². The van der Waals surface area contributed by atoms with Gasteiger partial charge in [-0.25, -0.2) is 0 Å². The van der Waals surface area contributed by atoms with Crippen LogP contribution in [0.15, 0.2) is 0 Å². The zero-order valence-electron chi connectivity index (χ0n) is 7.13. The van der Waals surface area contributed by atoms with Gasteiger partial charge in [0.05, 0.1) is 6.10 Å². The fourth-order valence-electron chi connectivity index (χ4n) is 1.54. The predicted octanol–water partition coefficient (Wildman–Crippen LogP) is 1.12. The van der Waals surface area contributed by atoms with Gasteiger partial charge in [-0.2, -0.15) is 0 Å². The molecule has 2 heteroatoms. The van der Waals surface area contributed by atoms with E-state index in [4.69, 9.17) is 4.74 Å². The lowest BCUT2D eigenvalue weighted by Crippen LogP contribution is -2.53. The first kappa shape index (κ1) is 8.02. The highest BCUT2D eigenvalue weighted by atomic mass is 16.5. The molecular weight excluding hydrogens is 126 g/mol. The van der Waals surface area contributed by atoms with E-state index < -0.39 is 0 Å². The second-order valence-electron chi connectivity index (χ2n) is 2.93. The number of methoxy groups -OCH3 is 1.